The van der Waals surface area contributed by atoms with Gasteiger partial charge < -0.3 is 15.0 Å². The first kappa shape index (κ1) is 17.7. The number of nitrogens with zero attached hydrogens (tertiary/aromatic N) is 1. The van der Waals surface area contributed by atoms with Crippen LogP contribution in [0.25, 0.3) is 10.9 Å². The second-order valence-electron chi connectivity index (χ2n) is 6.50. The zero-order valence-electron chi connectivity index (χ0n) is 14.9. The fourth-order valence-corrected chi connectivity index (χ4v) is 3.11. The highest BCUT2D eigenvalue weighted by molar-refractivity contribution is 6.08. The number of carbonyl (C=O) groups excluding carboxylic acids is 1. The molecule has 0 bridgehead atoms. The van der Waals surface area contributed by atoms with Gasteiger partial charge in [-0.25, -0.2) is 0 Å². The predicted octanol–water partition coefficient (Wildman–Crippen LogP) is 3.00. The Morgan fingerprint density at radius 3 is 2.50 bits per heavy atom. The first-order valence-corrected chi connectivity index (χ1v) is 8.64. The van der Waals surface area contributed by atoms with Crippen molar-refractivity contribution in [3.8, 4) is 5.75 Å². The van der Waals surface area contributed by atoms with E-state index in [2.05, 4.69) is 17.4 Å². The Bertz CT molecular complexity index is 993. The van der Waals surface area contributed by atoms with E-state index in [-0.39, 0.29) is 11.6 Å². The van der Waals surface area contributed by atoms with E-state index in [0.29, 0.717) is 10.9 Å². The van der Waals surface area contributed by atoms with Gasteiger partial charge in [-0.1, -0.05) is 48.5 Å². The van der Waals surface area contributed by atoms with E-state index in [1.54, 1.807) is 31.3 Å². The number of fused-ring (bicyclic) bond motifs is 1. The van der Waals surface area contributed by atoms with E-state index in [1.807, 2.05) is 25.1 Å². The molecule has 0 aliphatic carbocycles. The summed E-state index contributed by atoms with van der Waals surface area (Å²) in [5, 5.41) is 13.7. The third-order valence-electron chi connectivity index (χ3n) is 4.59. The van der Waals surface area contributed by atoms with Gasteiger partial charge in [0.15, 0.2) is 5.75 Å². The Labute approximate surface area is 151 Å². The molecule has 5 nitrogen and oxygen atoms in total. The minimum Gasteiger partial charge on any atom is -0.502 e. The van der Waals surface area contributed by atoms with Crippen molar-refractivity contribution in [3.63, 3.8) is 0 Å². The fraction of sp³-hybridized carbons (Fsp3) is 0.238. The van der Waals surface area contributed by atoms with Gasteiger partial charge in [-0.2, -0.15) is 0 Å². The van der Waals surface area contributed by atoms with Gasteiger partial charge in [0.2, 0.25) is 0 Å². The van der Waals surface area contributed by atoms with Crippen LogP contribution < -0.4 is 10.9 Å². The average molecular weight is 350 g/mol. The van der Waals surface area contributed by atoms with Crippen LogP contribution in [0.1, 0.15) is 29.3 Å². The number of para-hydroxylation sites is 1. The summed E-state index contributed by atoms with van der Waals surface area (Å²) in [6.45, 7) is 1.92. The molecule has 1 heterocycles. The highest BCUT2D eigenvalue weighted by Crippen LogP contribution is 2.23. The summed E-state index contributed by atoms with van der Waals surface area (Å²) < 4.78 is 1.35. The molecular formula is C21H22N2O3. The maximum atomic E-state index is 12.7. The highest BCUT2D eigenvalue weighted by atomic mass is 16.3. The molecular weight excluding hydrogens is 328 g/mol. The number of rotatable bonds is 5. The number of benzene rings is 2. The van der Waals surface area contributed by atoms with Crippen molar-refractivity contribution in [1.29, 1.82) is 0 Å². The molecule has 2 N–H and O–H groups in total. The summed E-state index contributed by atoms with van der Waals surface area (Å²) in [6.07, 6.45) is 1.60. The molecule has 134 valence electrons. The molecule has 5 heteroatoms. The van der Waals surface area contributed by atoms with Crippen LogP contribution in [0.5, 0.6) is 5.75 Å². The average Bonchev–Trinajstić information content (AvgIpc) is 2.65. The number of hydrogen-bond donors (Lipinski definition) is 2. The first-order chi connectivity index (χ1) is 12.5. The van der Waals surface area contributed by atoms with Crippen molar-refractivity contribution in [2.24, 2.45) is 7.05 Å². The lowest BCUT2D eigenvalue weighted by molar-refractivity contribution is 0.0937. The van der Waals surface area contributed by atoms with Crippen LogP contribution in [0.4, 0.5) is 0 Å². The van der Waals surface area contributed by atoms with E-state index in [0.717, 1.165) is 12.8 Å². The Morgan fingerprint density at radius 1 is 1.12 bits per heavy atom. The molecule has 0 saturated heterocycles. The molecule has 0 fully saturated rings. The zero-order valence-corrected chi connectivity index (χ0v) is 14.9. The molecule has 0 spiro atoms. The van der Waals surface area contributed by atoms with Crippen LogP contribution in [0.15, 0.2) is 59.4 Å². The molecule has 1 atom stereocenters. The van der Waals surface area contributed by atoms with Crippen molar-refractivity contribution in [1.82, 2.24) is 9.88 Å². The summed E-state index contributed by atoms with van der Waals surface area (Å²) in [5.41, 5.74) is 1.27. The topological polar surface area (TPSA) is 71.3 Å². The van der Waals surface area contributed by atoms with E-state index >= 15 is 0 Å². The number of amides is 1. The third kappa shape index (κ3) is 3.47. The van der Waals surface area contributed by atoms with E-state index in [4.69, 9.17) is 0 Å². The van der Waals surface area contributed by atoms with Gasteiger partial charge in [0, 0.05) is 18.5 Å². The summed E-state index contributed by atoms with van der Waals surface area (Å²) in [4.78, 5) is 25.0. The number of pyridine rings is 1. The Kier molecular flexibility index (Phi) is 5.07. The molecule has 3 aromatic rings. The molecule has 0 aliphatic heterocycles. The minimum atomic E-state index is -0.578. The van der Waals surface area contributed by atoms with Crippen molar-refractivity contribution in [3.05, 3.63) is 76.1 Å². The van der Waals surface area contributed by atoms with E-state index in [9.17, 15) is 14.7 Å². The molecule has 26 heavy (non-hydrogen) atoms. The number of nitrogens with one attached hydrogen (secondary N) is 1. The van der Waals surface area contributed by atoms with Crippen LogP contribution in [0.3, 0.4) is 0 Å². The summed E-state index contributed by atoms with van der Waals surface area (Å²) in [6, 6.07) is 17.0. The van der Waals surface area contributed by atoms with Crippen LogP contribution >= 0.6 is 0 Å². The predicted molar refractivity (Wildman–Crippen MR) is 103 cm³/mol. The van der Waals surface area contributed by atoms with Gasteiger partial charge in [-0.3, -0.25) is 9.59 Å². The molecule has 0 aliphatic rings. The van der Waals surface area contributed by atoms with Crippen molar-refractivity contribution in [2.75, 3.05) is 0 Å². The monoisotopic (exact) mass is 350 g/mol. The molecule has 1 unspecified atom stereocenters. The summed E-state index contributed by atoms with van der Waals surface area (Å²) >= 11 is 0. The number of aromatic hydroxyl groups is 1. The largest absolute Gasteiger partial charge is 0.502 e. The van der Waals surface area contributed by atoms with Crippen LogP contribution in [0, 0.1) is 0 Å². The number of hydrogen-bond acceptors (Lipinski definition) is 3. The maximum Gasteiger partial charge on any atom is 0.293 e. The number of aryl methyl sites for hydroxylation is 2. The van der Waals surface area contributed by atoms with Gasteiger partial charge in [-0.15, -0.1) is 0 Å². The summed E-state index contributed by atoms with van der Waals surface area (Å²) in [7, 11) is 1.58. The lowest BCUT2D eigenvalue weighted by Crippen LogP contribution is -2.34. The second-order valence-corrected chi connectivity index (χ2v) is 6.50. The lowest BCUT2D eigenvalue weighted by Gasteiger charge is -2.16. The van der Waals surface area contributed by atoms with Gasteiger partial charge in [0.05, 0.1) is 11.1 Å². The second kappa shape index (κ2) is 7.44. The maximum absolute atomic E-state index is 12.7. The smallest absolute Gasteiger partial charge is 0.293 e. The van der Waals surface area contributed by atoms with Crippen molar-refractivity contribution in [2.45, 2.75) is 25.8 Å². The van der Waals surface area contributed by atoms with Crippen molar-refractivity contribution >= 4 is 16.8 Å². The van der Waals surface area contributed by atoms with Crippen LogP contribution in [-0.4, -0.2) is 21.6 Å². The van der Waals surface area contributed by atoms with Crippen LogP contribution in [-0.2, 0) is 13.5 Å². The lowest BCUT2D eigenvalue weighted by atomic mass is 10.0. The van der Waals surface area contributed by atoms with Gasteiger partial charge in [0.25, 0.3) is 11.5 Å². The Balaban J connectivity index is 1.83. The first-order valence-electron chi connectivity index (χ1n) is 8.64. The van der Waals surface area contributed by atoms with E-state index in [1.165, 1.54) is 10.1 Å². The molecule has 0 saturated carbocycles. The van der Waals surface area contributed by atoms with E-state index < -0.39 is 17.2 Å². The van der Waals surface area contributed by atoms with Gasteiger partial charge in [-0.05, 0) is 31.4 Å². The Morgan fingerprint density at radius 2 is 1.77 bits per heavy atom. The van der Waals surface area contributed by atoms with Crippen LogP contribution in [0.2, 0.25) is 0 Å². The van der Waals surface area contributed by atoms with Crippen molar-refractivity contribution < 1.29 is 9.90 Å². The standard InChI is InChI=1S/C21H22N2O3/c1-14(12-13-15-8-4-3-5-9-15)22-20(25)18-16-10-6-7-11-17(16)23(2)21(26)19(18)24/h3-11,14,24H,12-13H2,1-2H3,(H,22,25). The third-order valence-corrected chi connectivity index (χ3v) is 4.59. The molecule has 3 rings (SSSR count). The SMILES string of the molecule is CC(CCc1ccccc1)NC(=O)c1c(O)c(=O)n(C)c2ccccc12. The summed E-state index contributed by atoms with van der Waals surface area (Å²) in [5.74, 6) is -0.948. The molecule has 0 radical (unpaired) electrons. The number of carbonyl (C=O) groups is 1. The van der Waals surface area contributed by atoms with Gasteiger partial charge in [0.1, 0.15) is 0 Å². The Hall–Kier alpha value is -3.08. The fourth-order valence-electron chi connectivity index (χ4n) is 3.11. The number of aromatic nitrogens is 1. The highest BCUT2D eigenvalue weighted by Gasteiger charge is 2.21. The van der Waals surface area contributed by atoms with Gasteiger partial charge >= 0.3 is 0 Å². The molecule has 2 aromatic carbocycles. The molecule has 1 aromatic heterocycles. The minimum absolute atomic E-state index is 0.0373. The quantitative estimate of drug-likeness (QED) is 0.743. The molecule has 1 amide bonds. The zero-order chi connectivity index (χ0) is 18.7. The normalized spacial score (nSPS) is 12.1.